The van der Waals surface area contributed by atoms with Crippen molar-refractivity contribution in [1.82, 2.24) is 24.5 Å². The molecule has 0 bridgehead atoms. The summed E-state index contributed by atoms with van der Waals surface area (Å²) >= 11 is 3.36. The number of rotatable bonds is 7. The van der Waals surface area contributed by atoms with Crippen molar-refractivity contribution in [2.45, 2.75) is 45.4 Å². The lowest BCUT2D eigenvalue weighted by molar-refractivity contribution is 0.00646. The van der Waals surface area contributed by atoms with Crippen LogP contribution in [0.2, 0.25) is 0 Å². The number of hydrogen-bond donors (Lipinski definition) is 0. The van der Waals surface area contributed by atoms with Crippen LogP contribution in [0.15, 0.2) is 65.7 Å². The second kappa shape index (κ2) is 10.3. The second-order valence-electron chi connectivity index (χ2n) is 9.09. The van der Waals surface area contributed by atoms with Gasteiger partial charge in [-0.1, -0.05) is 6.07 Å². The smallest absolute Gasteiger partial charge is 0.341 e. The van der Waals surface area contributed by atoms with Crippen LogP contribution in [0.4, 0.5) is 13.2 Å². The van der Waals surface area contributed by atoms with Crippen molar-refractivity contribution in [2.24, 2.45) is 0 Å². The Kier molecular flexibility index (Phi) is 7.30. The van der Waals surface area contributed by atoms with Gasteiger partial charge in [-0.3, -0.25) is 9.67 Å². The molecule has 1 aromatic carbocycles. The first-order valence-electron chi connectivity index (χ1n) is 11.0. The van der Waals surface area contributed by atoms with Crippen molar-refractivity contribution in [3.8, 4) is 11.1 Å². The lowest BCUT2D eigenvalue weighted by Gasteiger charge is -2.19. The maximum Gasteiger partial charge on any atom is 0.341 e. The number of aromatic nitrogens is 5. The highest BCUT2D eigenvalue weighted by molar-refractivity contribution is 9.10. The van der Waals surface area contributed by atoms with Crippen LogP contribution in [-0.2, 0) is 11.2 Å². The van der Waals surface area contributed by atoms with Crippen molar-refractivity contribution in [3.05, 3.63) is 88.4 Å². The van der Waals surface area contributed by atoms with Crippen LogP contribution in [0.5, 0.6) is 0 Å². The Morgan fingerprint density at radius 3 is 2.47 bits per heavy atom. The molecule has 1 unspecified atom stereocenters. The highest BCUT2D eigenvalue weighted by Gasteiger charge is 2.23. The van der Waals surface area contributed by atoms with Gasteiger partial charge >= 0.3 is 12.5 Å². The Morgan fingerprint density at radius 2 is 1.86 bits per heavy atom. The molecule has 4 rings (SSSR count). The molecule has 0 saturated carbocycles. The number of carbonyl (C=O) groups is 1. The fourth-order valence-electron chi connectivity index (χ4n) is 3.56. The summed E-state index contributed by atoms with van der Waals surface area (Å²) in [7, 11) is 0. The van der Waals surface area contributed by atoms with Crippen LogP contribution in [0.3, 0.4) is 0 Å². The number of carbonyl (C=O) groups excluding carboxylic acids is 1. The molecule has 3 aromatic heterocycles. The number of benzene rings is 1. The summed E-state index contributed by atoms with van der Waals surface area (Å²) in [4.78, 5) is 16.7. The number of ether oxygens (including phenoxy) is 1. The zero-order valence-corrected chi connectivity index (χ0v) is 21.3. The van der Waals surface area contributed by atoms with E-state index in [-0.39, 0.29) is 12.0 Å². The van der Waals surface area contributed by atoms with E-state index in [0.29, 0.717) is 27.2 Å². The largest absolute Gasteiger partial charge is 0.456 e. The minimum atomic E-state index is -2.74. The average Bonchev–Trinajstić information content (AvgIpc) is 3.47. The zero-order valence-electron chi connectivity index (χ0n) is 19.7. The van der Waals surface area contributed by atoms with Crippen molar-refractivity contribution >= 4 is 21.9 Å². The summed E-state index contributed by atoms with van der Waals surface area (Å²) in [5.41, 5.74) is 1.29. The van der Waals surface area contributed by atoms with Crippen molar-refractivity contribution < 1.29 is 22.7 Å². The summed E-state index contributed by atoms with van der Waals surface area (Å²) in [5, 5.41) is 8.37. The molecule has 4 aromatic rings. The standard InChI is InChI=1S/C25H23BrF3N5O2/c1-25(2,3)36-23(35)19-6-4-15(10-20(19)27)16-12-31-34(14-16)22(21-7-5-17(26)13-30-21)11-18-8-9-33(32-18)24(28)29/h4-10,12-14,22,24H,11H2,1-3H3. The molecular formula is C25H23BrF3N5O2. The topological polar surface area (TPSA) is 74.8 Å². The van der Waals surface area contributed by atoms with Crippen LogP contribution < -0.4 is 0 Å². The van der Waals surface area contributed by atoms with Gasteiger partial charge in [0.1, 0.15) is 11.4 Å². The number of esters is 1. The average molecular weight is 562 g/mol. The molecule has 0 aliphatic heterocycles. The lowest BCUT2D eigenvalue weighted by atomic mass is 10.1. The van der Waals surface area contributed by atoms with Gasteiger partial charge in [0.05, 0.1) is 29.2 Å². The van der Waals surface area contributed by atoms with Crippen molar-refractivity contribution in [2.75, 3.05) is 0 Å². The summed E-state index contributed by atoms with van der Waals surface area (Å²) in [6.45, 7) is 2.39. The number of pyridine rings is 1. The number of nitrogens with zero attached hydrogens (tertiary/aromatic N) is 5. The predicted molar refractivity (Wildman–Crippen MR) is 130 cm³/mol. The summed E-state index contributed by atoms with van der Waals surface area (Å²) in [5.74, 6) is -1.45. The van der Waals surface area contributed by atoms with Crippen molar-refractivity contribution in [3.63, 3.8) is 0 Å². The van der Waals surface area contributed by atoms with E-state index in [1.54, 1.807) is 56.2 Å². The highest BCUT2D eigenvalue weighted by Crippen LogP contribution is 2.27. The van der Waals surface area contributed by atoms with Crippen molar-refractivity contribution in [1.29, 1.82) is 0 Å². The Balaban J connectivity index is 1.63. The van der Waals surface area contributed by atoms with Crippen LogP contribution in [0, 0.1) is 5.82 Å². The Morgan fingerprint density at radius 1 is 1.08 bits per heavy atom. The molecule has 1 atom stereocenters. The van der Waals surface area contributed by atoms with Crippen LogP contribution in [-0.4, -0.2) is 36.1 Å². The third-order valence-corrected chi connectivity index (χ3v) is 5.67. The van der Waals surface area contributed by atoms with E-state index < -0.39 is 30.0 Å². The normalized spacial score (nSPS) is 12.7. The third kappa shape index (κ3) is 6.01. The number of hydrogen-bond acceptors (Lipinski definition) is 5. The molecule has 0 fully saturated rings. The molecule has 188 valence electrons. The van der Waals surface area contributed by atoms with Crippen LogP contribution in [0.1, 0.15) is 55.1 Å². The molecule has 0 amide bonds. The van der Waals surface area contributed by atoms with E-state index in [1.165, 1.54) is 24.4 Å². The minimum absolute atomic E-state index is 0.160. The van der Waals surface area contributed by atoms with E-state index in [9.17, 15) is 18.0 Å². The number of alkyl halides is 2. The lowest BCUT2D eigenvalue weighted by Crippen LogP contribution is -2.24. The number of halogens is 4. The molecular weight excluding hydrogens is 539 g/mol. The summed E-state index contributed by atoms with van der Waals surface area (Å²) in [6.07, 6.45) is 6.37. The van der Waals surface area contributed by atoms with E-state index in [4.69, 9.17) is 4.74 Å². The van der Waals surface area contributed by atoms with E-state index in [2.05, 4.69) is 31.1 Å². The van der Waals surface area contributed by atoms with E-state index >= 15 is 0 Å². The monoisotopic (exact) mass is 561 g/mol. The van der Waals surface area contributed by atoms with E-state index in [0.717, 1.165) is 4.47 Å². The molecule has 7 nitrogen and oxygen atoms in total. The Hall–Kier alpha value is -3.47. The molecule has 0 spiro atoms. The minimum Gasteiger partial charge on any atom is -0.456 e. The maximum absolute atomic E-state index is 14.8. The van der Waals surface area contributed by atoms with Gasteiger partial charge in [0.25, 0.3) is 0 Å². The Labute approximate surface area is 214 Å². The first kappa shape index (κ1) is 25.6. The molecule has 0 aliphatic rings. The van der Waals surface area contributed by atoms with Gasteiger partial charge in [-0.05, 0) is 72.6 Å². The predicted octanol–water partition coefficient (Wildman–Crippen LogP) is 6.23. The summed E-state index contributed by atoms with van der Waals surface area (Å²) in [6, 6.07) is 8.92. The van der Waals surface area contributed by atoms with Gasteiger partial charge in [-0.15, -0.1) is 0 Å². The SMILES string of the molecule is CC(C)(C)OC(=O)c1ccc(-c2cnn(C(Cc3ccn(C(F)F)n3)c3ccc(Br)cn3)c2)cc1F. The molecule has 36 heavy (non-hydrogen) atoms. The third-order valence-electron chi connectivity index (χ3n) is 5.20. The Bertz CT molecular complexity index is 1360. The fraction of sp³-hybridized carbons (Fsp3) is 0.280. The molecule has 0 saturated heterocycles. The second-order valence-corrected chi connectivity index (χ2v) is 10.0. The van der Waals surface area contributed by atoms with Gasteiger partial charge in [0, 0.05) is 35.0 Å². The first-order chi connectivity index (χ1) is 17.0. The molecule has 0 radical (unpaired) electrons. The van der Waals surface area contributed by atoms with Gasteiger partial charge in [0.2, 0.25) is 0 Å². The zero-order chi connectivity index (χ0) is 26.0. The quantitative estimate of drug-likeness (QED) is 0.250. The van der Waals surface area contributed by atoms with Gasteiger partial charge in [0.15, 0.2) is 0 Å². The van der Waals surface area contributed by atoms with Gasteiger partial charge in [-0.2, -0.15) is 19.0 Å². The summed E-state index contributed by atoms with van der Waals surface area (Å²) < 4.78 is 49.0. The highest BCUT2D eigenvalue weighted by atomic mass is 79.9. The molecule has 0 N–H and O–H groups in total. The van der Waals surface area contributed by atoms with Crippen LogP contribution >= 0.6 is 15.9 Å². The fourth-order valence-corrected chi connectivity index (χ4v) is 3.80. The maximum atomic E-state index is 14.8. The van der Waals surface area contributed by atoms with Gasteiger partial charge < -0.3 is 4.74 Å². The molecule has 11 heteroatoms. The molecule has 0 aliphatic carbocycles. The molecule has 3 heterocycles. The van der Waals surface area contributed by atoms with Crippen LogP contribution in [0.25, 0.3) is 11.1 Å². The van der Waals surface area contributed by atoms with Gasteiger partial charge in [-0.25, -0.2) is 13.9 Å². The van der Waals surface area contributed by atoms with E-state index in [1.807, 2.05) is 6.07 Å². The first-order valence-corrected chi connectivity index (χ1v) is 11.8.